The number of pyridine rings is 1. The van der Waals surface area contributed by atoms with Gasteiger partial charge < -0.3 is 39.9 Å². The van der Waals surface area contributed by atoms with E-state index in [1.165, 1.54) is 4.90 Å². The number of ether oxygens (including phenoxy) is 2. The van der Waals surface area contributed by atoms with E-state index in [2.05, 4.69) is 11.1 Å². The van der Waals surface area contributed by atoms with Crippen molar-refractivity contribution in [2.75, 3.05) is 19.7 Å². The average Bonchev–Trinajstić information content (AvgIpc) is 4.03. The largest absolute Gasteiger partial charge is 0.490 e. The number of rotatable bonds is 19. The van der Waals surface area contributed by atoms with Gasteiger partial charge in [0, 0.05) is 46.7 Å². The molecule has 1 heterocycles. The van der Waals surface area contributed by atoms with Gasteiger partial charge in [0.05, 0.1) is 24.9 Å². The molecule has 254 valence electrons. The van der Waals surface area contributed by atoms with E-state index in [0.29, 0.717) is 42.3 Å². The molecule has 0 bridgehead atoms. The molecule has 4 atom stereocenters. The monoisotopic (exact) mass is 688 g/mol. The number of hydrogen-bond donors (Lipinski definition) is 5. The van der Waals surface area contributed by atoms with E-state index in [4.69, 9.17) is 37.8 Å². The lowest BCUT2D eigenvalue weighted by Crippen LogP contribution is -2.49. The smallest absolute Gasteiger partial charge is 0.209 e. The number of aliphatic hydroxyl groups is 5. The number of aliphatic hydroxyl groups excluding tert-OH is 5. The lowest BCUT2D eigenvalue weighted by Gasteiger charge is -2.28. The third kappa shape index (κ3) is 9.01. The molecule has 10 nitrogen and oxygen atoms in total. The van der Waals surface area contributed by atoms with E-state index in [1.807, 2.05) is 42.6 Å². The molecule has 0 aliphatic heterocycles. The van der Waals surface area contributed by atoms with Gasteiger partial charge in [-0.1, -0.05) is 41.4 Å². The highest BCUT2D eigenvalue weighted by Crippen LogP contribution is 2.53. The Morgan fingerprint density at radius 3 is 2.36 bits per heavy atom. The van der Waals surface area contributed by atoms with Crippen LogP contribution in [-0.2, 0) is 28.2 Å². The normalized spacial score (nSPS) is 17.9. The molecule has 1 aromatic heterocycles. The SMILES string of the molecule is O=CN(CCCCc1cc(Cl)c(COC2(c3cnccc3-c3ccccc3OC3CC3)CC2)cc1Cl)C[C@H](O)[C@@H](O)[C@H](O)C(O)CO. The van der Waals surface area contributed by atoms with Gasteiger partial charge in [0.25, 0.3) is 0 Å². The Morgan fingerprint density at radius 2 is 1.66 bits per heavy atom. The van der Waals surface area contributed by atoms with Crippen LogP contribution in [0.5, 0.6) is 5.75 Å². The number of benzene rings is 2. The molecule has 5 rings (SSSR count). The van der Waals surface area contributed by atoms with Gasteiger partial charge in [-0.2, -0.15) is 0 Å². The zero-order chi connectivity index (χ0) is 33.6. The summed E-state index contributed by atoms with van der Waals surface area (Å²) in [5, 5.41) is 49.5. The fourth-order valence-corrected chi connectivity index (χ4v) is 6.15. The van der Waals surface area contributed by atoms with Crippen LogP contribution in [0.2, 0.25) is 10.0 Å². The number of para-hydroxylation sites is 1. The highest BCUT2D eigenvalue weighted by atomic mass is 35.5. The Labute approximate surface area is 284 Å². The van der Waals surface area contributed by atoms with Crippen LogP contribution in [0.4, 0.5) is 0 Å². The first kappa shape index (κ1) is 35.5. The molecule has 1 unspecified atom stereocenters. The molecule has 1 amide bonds. The average molecular weight is 690 g/mol. The van der Waals surface area contributed by atoms with Gasteiger partial charge in [-0.15, -0.1) is 0 Å². The number of amides is 1. The van der Waals surface area contributed by atoms with Crippen molar-refractivity contribution in [3.05, 3.63) is 81.6 Å². The van der Waals surface area contributed by atoms with Crippen molar-refractivity contribution in [1.82, 2.24) is 9.88 Å². The van der Waals surface area contributed by atoms with E-state index >= 15 is 0 Å². The number of halogens is 2. The molecular weight excluding hydrogens is 647 g/mol. The molecule has 0 radical (unpaired) electrons. The maximum atomic E-state index is 11.5. The Balaban J connectivity index is 1.16. The van der Waals surface area contributed by atoms with Crippen molar-refractivity contribution in [3.63, 3.8) is 0 Å². The maximum Gasteiger partial charge on any atom is 0.209 e. The summed E-state index contributed by atoms with van der Waals surface area (Å²) in [6.07, 6.45) is 3.63. The second-order valence-electron chi connectivity index (χ2n) is 12.4. The fourth-order valence-electron chi connectivity index (χ4n) is 5.63. The van der Waals surface area contributed by atoms with Gasteiger partial charge in [0.1, 0.15) is 30.2 Å². The fraction of sp³-hybridized carbons (Fsp3) is 0.486. The summed E-state index contributed by atoms with van der Waals surface area (Å²) in [6, 6.07) is 13.8. The summed E-state index contributed by atoms with van der Waals surface area (Å²) in [5.74, 6) is 0.869. The molecule has 3 aromatic rings. The van der Waals surface area contributed by atoms with Crippen LogP contribution >= 0.6 is 23.2 Å². The molecule has 2 saturated carbocycles. The van der Waals surface area contributed by atoms with Crippen molar-refractivity contribution >= 4 is 29.6 Å². The number of aryl methyl sites for hydroxylation is 1. The van der Waals surface area contributed by atoms with E-state index < -0.39 is 36.6 Å². The minimum absolute atomic E-state index is 0.246. The number of aromatic nitrogens is 1. The zero-order valence-corrected chi connectivity index (χ0v) is 27.6. The van der Waals surface area contributed by atoms with Crippen LogP contribution in [0, 0.1) is 0 Å². The van der Waals surface area contributed by atoms with Crippen molar-refractivity contribution in [3.8, 4) is 16.9 Å². The predicted molar refractivity (Wildman–Crippen MR) is 177 cm³/mol. The quantitative estimate of drug-likeness (QED) is 0.0929. The van der Waals surface area contributed by atoms with Gasteiger partial charge in [0.15, 0.2) is 0 Å². The first-order valence-electron chi connectivity index (χ1n) is 16.0. The van der Waals surface area contributed by atoms with E-state index in [1.54, 1.807) is 6.20 Å². The lowest BCUT2D eigenvalue weighted by molar-refractivity contribution is -0.130. The molecule has 0 saturated heterocycles. The Bertz CT molecular complexity index is 1500. The number of carbonyl (C=O) groups is 1. The predicted octanol–water partition coefficient (Wildman–Crippen LogP) is 4.02. The molecule has 2 aliphatic rings. The lowest BCUT2D eigenvalue weighted by atomic mass is 9.96. The topological polar surface area (TPSA) is 153 Å². The third-order valence-electron chi connectivity index (χ3n) is 8.77. The van der Waals surface area contributed by atoms with Crippen LogP contribution in [0.25, 0.3) is 11.1 Å². The van der Waals surface area contributed by atoms with Crippen LogP contribution in [0.3, 0.4) is 0 Å². The number of unbranched alkanes of at least 4 members (excludes halogenated alkanes) is 1. The second kappa shape index (κ2) is 16.1. The van der Waals surface area contributed by atoms with E-state index in [0.717, 1.165) is 59.3 Å². The molecular formula is C35H42Cl2N2O8. The molecule has 0 spiro atoms. The summed E-state index contributed by atoms with van der Waals surface area (Å²) in [4.78, 5) is 17.2. The van der Waals surface area contributed by atoms with Crippen molar-refractivity contribution < 1.29 is 39.8 Å². The summed E-state index contributed by atoms with van der Waals surface area (Å²) >= 11 is 13.4. The van der Waals surface area contributed by atoms with Gasteiger partial charge in [-0.3, -0.25) is 9.78 Å². The van der Waals surface area contributed by atoms with Crippen LogP contribution in [0.15, 0.2) is 54.9 Å². The number of carbonyl (C=O) groups excluding carboxylic acids is 1. The summed E-state index contributed by atoms with van der Waals surface area (Å²) in [6.45, 7) is -0.454. The molecule has 2 aliphatic carbocycles. The van der Waals surface area contributed by atoms with Crippen molar-refractivity contribution in [2.24, 2.45) is 0 Å². The Hall–Kier alpha value is -2.80. The van der Waals surface area contributed by atoms with E-state index in [-0.39, 0.29) is 19.3 Å². The molecule has 47 heavy (non-hydrogen) atoms. The molecule has 5 N–H and O–H groups in total. The van der Waals surface area contributed by atoms with Crippen LogP contribution in [0.1, 0.15) is 55.2 Å². The molecule has 12 heteroatoms. The first-order chi connectivity index (χ1) is 22.7. The summed E-state index contributed by atoms with van der Waals surface area (Å²) < 4.78 is 12.8. The zero-order valence-electron chi connectivity index (χ0n) is 26.0. The Morgan fingerprint density at radius 1 is 0.957 bits per heavy atom. The number of hydrogen-bond acceptors (Lipinski definition) is 9. The van der Waals surface area contributed by atoms with Crippen LogP contribution < -0.4 is 4.74 Å². The van der Waals surface area contributed by atoms with Crippen molar-refractivity contribution in [2.45, 2.75) is 87.7 Å². The highest BCUT2D eigenvalue weighted by Gasteiger charge is 2.48. The van der Waals surface area contributed by atoms with Gasteiger partial charge in [-0.05, 0) is 85.9 Å². The Kier molecular flexibility index (Phi) is 12.1. The maximum absolute atomic E-state index is 11.5. The first-order valence-corrected chi connectivity index (χ1v) is 16.7. The molecule has 2 aromatic carbocycles. The summed E-state index contributed by atoms with van der Waals surface area (Å²) in [7, 11) is 0. The standard InChI is InChI=1S/C35H42Cl2N2O8/c36-28-16-23(29(37)15-22(28)5-3-4-14-39(21-41)18-30(42)33(44)34(45)31(43)19-40)20-46-35(11-12-35)27-17-38-13-10-25(27)26-6-1-2-7-32(26)47-24-8-9-24/h1-2,6-7,10,13,15-17,21,24,30-31,33-34,40,42-45H,3-5,8-9,11-12,14,18-20H2/t30-,31?,33+,34+/m0/s1. The minimum Gasteiger partial charge on any atom is -0.490 e. The van der Waals surface area contributed by atoms with E-state index in [9.17, 15) is 25.2 Å². The van der Waals surface area contributed by atoms with Gasteiger partial charge in [-0.25, -0.2) is 0 Å². The minimum atomic E-state index is -1.75. The second-order valence-corrected chi connectivity index (χ2v) is 13.2. The summed E-state index contributed by atoms with van der Waals surface area (Å²) in [5.41, 5.74) is 4.26. The third-order valence-corrected chi connectivity index (χ3v) is 9.47. The van der Waals surface area contributed by atoms with Crippen molar-refractivity contribution in [1.29, 1.82) is 0 Å². The number of nitrogens with zero attached hydrogens (tertiary/aromatic N) is 2. The van der Waals surface area contributed by atoms with Gasteiger partial charge in [0.2, 0.25) is 6.41 Å². The molecule has 2 fully saturated rings. The highest BCUT2D eigenvalue weighted by molar-refractivity contribution is 6.34. The van der Waals surface area contributed by atoms with Crippen LogP contribution in [-0.4, -0.2) is 92.0 Å². The van der Waals surface area contributed by atoms with Gasteiger partial charge >= 0.3 is 0 Å².